The first-order valence-electron chi connectivity index (χ1n) is 11.3. The van der Waals surface area contributed by atoms with Gasteiger partial charge in [-0.15, -0.1) is 11.8 Å². The van der Waals surface area contributed by atoms with Crippen LogP contribution in [0.3, 0.4) is 0 Å². The molecule has 0 aromatic heterocycles. The van der Waals surface area contributed by atoms with Crippen molar-refractivity contribution < 1.29 is 24.2 Å². The molecule has 0 aliphatic carbocycles. The first-order valence-corrected chi connectivity index (χ1v) is 12.2. The maximum atomic E-state index is 12.4. The van der Waals surface area contributed by atoms with E-state index < -0.39 is 5.97 Å². The molecule has 1 unspecified atom stereocenters. The molecule has 0 spiro atoms. The van der Waals surface area contributed by atoms with E-state index in [9.17, 15) is 19.5 Å². The number of carbonyl (C=O) groups excluding carboxylic acids is 2. The highest BCUT2D eigenvalue weighted by atomic mass is 32.2. The number of anilines is 1. The zero-order valence-corrected chi connectivity index (χ0v) is 20.1. The van der Waals surface area contributed by atoms with Crippen LogP contribution < -0.4 is 10.1 Å². The second-order valence-electron chi connectivity index (χ2n) is 8.29. The van der Waals surface area contributed by atoms with Crippen molar-refractivity contribution in [1.29, 1.82) is 0 Å². The lowest BCUT2D eigenvalue weighted by Crippen LogP contribution is -2.26. The highest BCUT2D eigenvalue weighted by Gasteiger charge is 2.24. The van der Waals surface area contributed by atoms with E-state index in [1.807, 2.05) is 41.3 Å². The van der Waals surface area contributed by atoms with E-state index in [1.165, 1.54) is 6.07 Å². The van der Waals surface area contributed by atoms with E-state index in [0.717, 1.165) is 30.0 Å². The molecule has 7 nitrogen and oxygen atoms in total. The van der Waals surface area contributed by atoms with Crippen LogP contribution in [0.4, 0.5) is 5.69 Å². The number of carboxylic acids is 1. The summed E-state index contributed by atoms with van der Waals surface area (Å²) in [6.07, 6.45) is 1.11. The van der Waals surface area contributed by atoms with Gasteiger partial charge in [0.2, 0.25) is 11.8 Å². The number of benzene rings is 3. The number of rotatable bonds is 8. The monoisotopic (exact) mass is 490 g/mol. The third-order valence-corrected chi connectivity index (χ3v) is 6.93. The number of hydrogen-bond donors (Lipinski definition) is 2. The SMILES string of the molecule is CC(=O)N1CCC(Sc2ccc(Oc3ccc(CC(=O)Nc4ccccc4C(=O)O)cc3)cc2)C1. The molecule has 8 heteroatoms. The third-order valence-electron chi connectivity index (χ3n) is 5.67. The minimum Gasteiger partial charge on any atom is -0.478 e. The van der Waals surface area contributed by atoms with E-state index in [1.54, 1.807) is 49.0 Å². The Morgan fingerprint density at radius 3 is 2.29 bits per heavy atom. The third kappa shape index (κ3) is 6.64. The standard InChI is InChI=1S/C27H26N2O5S/c1-18(30)29-15-14-23(17-29)35-22-12-10-21(11-13-22)34-20-8-6-19(7-9-20)16-26(31)28-25-5-3-2-4-24(25)27(32)33/h2-13,23H,14-17H2,1H3,(H,28,31)(H,32,33). The van der Waals surface area contributed by atoms with Crippen LogP contribution in [0, 0.1) is 0 Å². The average molecular weight is 491 g/mol. The zero-order chi connectivity index (χ0) is 24.8. The molecule has 1 atom stereocenters. The van der Waals surface area contributed by atoms with Gasteiger partial charge in [0.25, 0.3) is 0 Å². The molecule has 1 aliphatic heterocycles. The summed E-state index contributed by atoms with van der Waals surface area (Å²) < 4.78 is 5.92. The number of para-hydroxylation sites is 1. The number of hydrogen-bond acceptors (Lipinski definition) is 5. The Hall–Kier alpha value is -3.78. The summed E-state index contributed by atoms with van der Waals surface area (Å²) in [6, 6.07) is 21.4. The zero-order valence-electron chi connectivity index (χ0n) is 19.3. The summed E-state index contributed by atoms with van der Waals surface area (Å²) >= 11 is 1.78. The molecule has 2 amide bonds. The predicted molar refractivity (Wildman–Crippen MR) is 135 cm³/mol. The maximum absolute atomic E-state index is 12.4. The van der Waals surface area contributed by atoms with E-state index in [-0.39, 0.29) is 29.5 Å². The first-order chi connectivity index (χ1) is 16.9. The number of thioether (sulfide) groups is 1. The highest BCUT2D eigenvalue weighted by Crippen LogP contribution is 2.32. The van der Waals surface area contributed by atoms with Crippen molar-refractivity contribution in [2.45, 2.75) is 29.9 Å². The van der Waals surface area contributed by atoms with E-state index in [2.05, 4.69) is 5.32 Å². The van der Waals surface area contributed by atoms with Gasteiger partial charge in [-0.25, -0.2) is 4.79 Å². The molecule has 4 rings (SSSR count). The van der Waals surface area contributed by atoms with Gasteiger partial charge >= 0.3 is 5.97 Å². The predicted octanol–water partition coefficient (Wildman–Crippen LogP) is 5.07. The number of carbonyl (C=O) groups is 3. The molecule has 3 aromatic carbocycles. The summed E-state index contributed by atoms with van der Waals surface area (Å²) in [4.78, 5) is 38.2. The highest BCUT2D eigenvalue weighted by molar-refractivity contribution is 8.00. The lowest BCUT2D eigenvalue weighted by atomic mass is 10.1. The number of ether oxygens (including phenoxy) is 1. The summed E-state index contributed by atoms with van der Waals surface area (Å²) in [7, 11) is 0. The Labute approximate surface area is 208 Å². The van der Waals surface area contributed by atoms with Crippen molar-refractivity contribution in [2.75, 3.05) is 18.4 Å². The van der Waals surface area contributed by atoms with Gasteiger partial charge in [0.05, 0.1) is 17.7 Å². The first kappa shape index (κ1) is 24.3. The van der Waals surface area contributed by atoms with Crippen LogP contribution in [-0.2, 0) is 16.0 Å². The molecule has 0 radical (unpaired) electrons. The molecular formula is C27H26N2O5S. The van der Waals surface area contributed by atoms with Crippen LogP contribution in [0.5, 0.6) is 11.5 Å². The molecule has 0 saturated carbocycles. The number of likely N-dealkylation sites (tertiary alicyclic amines) is 1. The van der Waals surface area contributed by atoms with E-state index in [4.69, 9.17) is 4.74 Å². The Morgan fingerprint density at radius 1 is 1.00 bits per heavy atom. The van der Waals surface area contributed by atoms with Crippen molar-refractivity contribution in [3.63, 3.8) is 0 Å². The smallest absolute Gasteiger partial charge is 0.337 e. The van der Waals surface area contributed by atoms with Crippen molar-refractivity contribution in [1.82, 2.24) is 4.90 Å². The molecule has 1 fully saturated rings. The molecule has 1 aliphatic rings. The minimum atomic E-state index is -1.09. The number of carboxylic acid groups (broad SMARTS) is 1. The van der Waals surface area contributed by atoms with Crippen LogP contribution in [-0.4, -0.2) is 46.1 Å². The van der Waals surface area contributed by atoms with Crippen LogP contribution in [0.15, 0.2) is 77.7 Å². The summed E-state index contributed by atoms with van der Waals surface area (Å²) in [5.41, 5.74) is 1.11. The fraction of sp³-hybridized carbons (Fsp3) is 0.222. The second-order valence-corrected chi connectivity index (χ2v) is 9.66. The Morgan fingerprint density at radius 2 is 1.66 bits per heavy atom. The maximum Gasteiger partial charge on any atom is 0.337 e. The fourth-order valence-electron chi connectivity index (χ4n) is 3.86. The van der Waals surface area contributed by atoms with Gasteiger partial charge in [-0.2, -0.15) is 0 Å². The van der Waals surface area contributed by atoms with Crippen LogP contribution in [0.1, 0.15) is 29.3 Å². The molecule has 3 aromatic rings. The number of nitrogens with one attached hydrogen (secondary N) is 1. The topological polar surface area (TPSA) is 95.9 Å². The van der Waals surface area contributed by atoms with Gasteiger partial charge in [-0.1, -0.05) is 24.3 Å². The fourth-order valence-corrected chi connectivity index (χ4v) is 5.01. The molecule has 35 heavy (non-hydrogen) atoms. The molecular weight excluding hydrogens is 464 g/mol. The average Bonchev–Trinajstić information content (AvgIpc) is 3.31. The van der Waals surface area contributed by atoms with Gasteiger partial charge in [-0.3, -0.25) is 9.59 Å². The largest absolute Gasteiger partial charge is 0.478 e. The van der Waals surface area contributed by atoms with Crippen LogP contribution in [0.25, 0.3) is 0 Å². The number of aromatic carboxylic acids is 1. The van der Waals surface area contributed by atoms with Gasteiger partial charge in [0.1, 0.15) is 11.5 Å². The van der Waals surface area contributed by atoms with E-state index >= 15 is 0 Å². The summed E-state index contributed by atoms with van der Waals surface area (Å²) in [5.74, 6) is 0.105. The number of nitrogens with zero attached hydrogens (tertiary/aromatic N) is 1. The molecule has 180 valence electrons. The minimum absolute atomic E-state index is 0.0512. The Balaban J connectivity index is 1.29. The summed E-state index contributed by atoms with van der Waals surface area (Å²) in [5, 5.41) is 12.3. The van der Waals surface area contributed by atoms with Crippen LogP contribution >= 0.6 is 11.8 Å². The summed E-state index contributed by atoms with van der Waals surface area (Å²) in [6.45, 7) is 3.22. The molecule has 2 N–H and O–H groups in total. The molecule has 1 heterocycles. The number of amides is 2. The van der Waals surface area contributed by atoms with Gasteiger partial charge in [0.15, 0.2) is 0 Å². The van der Waals surface area contributed by atoms with Gasteiger partial charge in [0, 0.05) is 30.2 Å². The van der Waals surface area contributed by atoms with Gasteiger partial charge in [-0.05, 0) is 60.5 Å². The van der Waals surface area contributed by atoms with Crippen molar-refractivity contribution in [3.8, 4) is 11.5 Å². The lowest BCUT2D eigenvalue weighted by Gasteiger charge is -2.14. The Kier molecular flexibility index (Phi) is 7.72. The normalized spacial score (nSPS) is 15.0. The van der Waals surface area contributed by atoms with Crippen molar-refractivity contribution in [3.05, 3.63) is 83.9 Å². The van der Waals surface area contributed by atoms with E-state index in [0.29, 0.717) is 16.7 Å². The molecule has 0 bridgehead atoms. The quantitative estimate of drug-likeness (QED) is 0.458. The lowest BCUT2D eigenvalue weighted by molar-refractivity contribution is -0.127. The van der Waals surface area contributed by atoms with Crippen molar-refractivity contribution >= 4 is 35.2 Å². The van der Waals surface area contributed by atoms with Gasteiger partial charge < -0.3 is 20.1 Å². The second kappa shape index (κ2) is 11.1. The van der Waals surface area contributed by atoms with Crippen molar-refractivity contribution in [2.24, 2.45) is 0 Å². The Bertz CT molecular complexity index is 1210. The molecule has 1 saturated heterocycles. The van der Waals surface area contributed by atoms with Crippen LogP contribution in [0.2, 0.25) is 0 Å².